The highest BCUT2D eigenvalue weighted by molar-refractivity contribution is 5.99. The molecule has 1 fully saturated rings. The molecule has 3 N–H and O–H groups in total. The van der Waals surface area contributed by atoms with Crippen LogP contribution in [0.4, 0.5) is 5.69 Å². The Bertz CT molecular complexity index is 565. The molecule has 2 atom stereocenters. The van der Waals surface area contributed by atoms with Crippen molar-refractivity contribution in [2.75, 3.05) is 32.2 Å². The summed E-state index contributed by atoms with van der Waals surface area (Å²) in [6.45, 7) is 7.54. The Kier molecular flexibility index (Phi) is 7.68. The Hall–Kier alpha value is -1.34. The fraction of sp³-hybridized carbons (Fsp3) is 0.611. The second kappa shape index (κ2) is 8.85. The Morgan fingerprint density at radius 1 is 1.28 bits per heavy atom. The van der Waals surface area contributed by atoms with Gasteiger partial charge in [0.2, 0.25) is 5.91 Å². The van der Waals surface area contributed by atoms with Crippen LogP contribution in [0, 0.1) is 5.41 Å². The summed E-state index contributed by atoms with van der Waals surface area (Å²) in [5.74, 6) is 0.546. The number of nitrogens with two attached hydrogens (primary N) is 1. The first kappa shape index (κ1) is 21.7. The average Bonchev–Trinajstić information content (AvgIpc) is 2.56. The van der Waals surface area contributed by atoms with E-state index < -0.39 is 11.0 Å². The molecule has 0 saturated heterocycles. The van der Waals surface area contributed by atoms with Gasteiger partial charge in [-0.1, -0.05) is 13.8 Å². The van der Waals surface area contributed by atoms with Crippen molar-refractivity contribution in [3.8, 4) is 5.75 Å². The van der Waals surface area contributed by atoms with Crippen LogP contribution in [-0.4, -0.2) is 44.5 Å². The summed E-state index contributed by atoms with van der Waals surface area (Å²) in [7, 11) is 1.63. The maximum absolute atomic E-state index is 12.6. The molecule has 1 aliphatic carbocycles. The van der Waals surface area contributed by atoms with E-state index in [2.05, 4.69) is 5.32 Å². The second-order valence-corrected chi connectivity index (χ2v) is 6.66. The summed E-state index contributed by atoms with van der Waals surface area (Å²) in [4.78, 5) is 12.6. The lowest BCUT2D eigenvalue weighted by molar-refractivity contribution is -0.166. The number of carbonyl (C=O) groups excluding carboxylic acids is 1. The molecular weight excluding hydrogens is 344 g/mol. The van der Waals surface area contributed by atoms with Gasteiger partial charge in [0.25, 0.3) is 0 Å². The number of nitrogens with one attached hydrogen (secondary N) is 1. The molecule has 0 aliphatic heterocycles. The molecule has 1 aromatic rings. The third kappa shape index (κ3) is 4.44. The van der Waals surface area contributed by atoms with Crippen LogP contribution in [0.3, 0.4) is 0 Å². The molecule has 6 nitrogen and oxygen atoms in total. The van der Waals surface area contributed by atoms with Crippen LogP contribution >= 0.6 is 12.4 Å². The maximum atomic E-state index is 12.6. The van der Waals surface area contributed by atoms with Gasteiger partial charge in [-0.3, -0.25) is 4.79 Å². The van der Waals surface area contributed by atoms with Gasteiger partial charge in [0.05, 0.1) is 12.7 Å². The zero-order valence-electron chi connectivity index (χ0n) is 15.3. The number of halogens is 1. The molecule has 25 heavy (non-hydrogen) atoms. The van der Waals surface area contributed by atoms with Crippen LogP contribution in [0.2, 0.25) is 0 Å². The van der Waals surface area contributed by atoms with Gasteiger partial charge in [-0.25, -0.2) is 0 Å². The number of benzene rings is 1. The van der Waals surface area contributed by atoms with Gasteiger partial charge in [-0.15, -0.1) is 12.4 Å². The van der Waals surface area contributed by atoms with Crippen LogP contribution < -0.4 is 15.8 Å². The SMILES string of the molecule is CCOC1CC(N)(C(=O)Nc2ccc(OCCOC)cc2)C1(C)C.Cl. The van der Waals surface area contributed by atoms with Crippen molar-refractivity contribution in [2.24, 2.45) is 11.1 Å². The van der Waals surface area contributed by atoms with Crippen molar-refractivity contribution in [3.63, 3.8) is 0 Å². The van der Waals surface area contributed by atoms with Crippen LogP contribution in [0.25, 0.3) is 0 Å². The van der Waals surface area contributed by atoms with E-state index in [1.54, 1.807) is 19.2 Å². The molecule has 0 heterocycles. The number of anilines is 1. The van der Waals surface area contributed by atoms with Crippen molar-refractivity contribution < 1.29 is 19.0 Å². The lowest BCUT2D eigenvalue weighted by Crippen LogP contribution is -2.74. The number of amides is 1. The topological polar surface area (TPSA) is 82.8 Å². The molecular formula is C18H29ClN2O4. The number of carbonyl (C=O) groups is 1. The number of hydrogen-bond donors (Lipinski definition) is 2. The summed E-state index contributed by atoms with van der Waals surface area (Å²) in [6, 6.07) is 7.22. The smallest absolute Gasteiger partial charge is 0.245 e. The standard InChI is InChI=1S/C18H28N2O4.ClH/c1-5-23-15-12-18(19,17(15,2)3)16(21)20-13-6-8-14(9-7-13)24-11-10-22-4;/h6-9,15H,5,10-12,19H2,1-4H3,(H,20,21);1H. The summed E-state index contributed by atoms with van der Waals surface area (Å²) in [5.41, 5.74) is 5.73. The van der Waals surface area contributed by atoms with Gasteiger partial charge in [-0.05, 0) is 31.2 Å². The zero-order chi connectivity index (χ0) is 17.8. The maximum Gasteiger partial charge on any atom is 0.245 e. The molecule has 0 spiro atoms. The lowest BCUT2D eigenvalue weighted by atomic mass is 9.54. The summed E-state index contributed by atoms with van der Waals surface area (Å²) in [5, 5.41) is 2.90. The first-order chi connectivity index (χ1) is 11.3. The minimum Gasteiger partial charge on any atom is -0.491 e. The molecule has 1 saturated carbocycles. The molecule has 7 heteroatoms. The third-order valence-corrected chi connectivity index (χ3v) is 4.90. The van der Waals surface area contributed by atoms with Crippen LogP contribution in [-0.2, 0) is 14.3 Å². The number of ether oxygens (including phenoxy) is 3. The van der Waals surface area contributed by atoms with Gasteiger partial charge < -0.3 is 25.3 Å². The summed E-state index contributed by atoms with van der Waals surface area (Å²) < 4.78 is 16.1. The predicted molar refractivity (Wildman–Crippen MR) is 100 cm³/mol. The minimum absolute atomic E-state index is 0. The van der Waals surface area contributed by atoms with E-state index in [0.717, 1.165) is 5.75 Å². The number of methoxy groups -OCH3 is 1. The Morgan fingerprint density at radius 2 is 1.92 bits per heavy atom. The highest BCUT2D eigenvalue weighted by Crippen LogP contribution is 2.50. The molecule has 142 valence electrons. The molecule has 0 aromatic heterocycles. The van der Waals surface area contributed by atoms with Gasteiger partial charge in [0.15, 0.2) is 0 Å². The van der Waals surface area contributed by atoms with Crippen molar-refractivity contribution >= 4 is 24.0 Å². The molecule has 1 amide bonds. The molecule has 2 rings (SSSR count). The van der Waals surface area contributed by atoms with Gasteiger partial charge >= 0.3 is 0 Å². The van der Waals surface area contributed by atoms with E-state index in [1.165, 1.54) is 0 Å². The van der Waals surface area contributed by atoms with E-state index in [0.29, 0.717) is 31.9 Å². The van der Waals surface area contributed by atoms with Gasteiger partial charge in [0.1, 0.15) is 17.9 Å². The highest BCUT2D eigenvalue weighted by Gasteiger charge is 2.62. The normalized spacial score (nSPS) is 24.0. The fourth-order valence-electron chi connectivity index (χ4n) is 2.94. The monoisotopic (exact) mass is 372 g/mol. The Morgan fingerprint density at radius 3 is 2.44 bits per heavy atom. The lowest BCUT2D eigenvalue weighted by Gasteiger charge is -2.57. The van der Waals surface area contributed by atoms with E-state index in [1.807, 2.05) is 32.9 Å². The number of hydrogen-bond acceptors (Lipinski definition) is 5. The molecule has 1 aromatic carbocycles. The van der Waals surface area contributed by atoms with Gasteiger partial charge in [0, 0.05) is 31.2 Å². The van der Waals surface area contributed by atoms with Gasteiger partial charge in [-0.2, -0.15) is 0 Å². The van der Waals surface area contributed by atoms with Crippen molar-refractivity contribution in [3.05, 3.63) is 24.3 Å². The largest absolute Gasteiger partial charge is 0.491 e. The predicted octanol–water partition coefficient (Wildman–Crippen LogP) is 2.60. The van der Waals surface area contributed by atoms with E-state index in [4.69, 9.17) is 19.9 Å². The summed E-state index contributed by atoms with van der Waals surface area (Å²) >= 11 is 0. The zero-order valence-corrected chi connectivity index (χ0v) is 16.2. The Balaban J connectivity index is 0.00000312. The average molecular weight is 373 g/mol. The fourth-order valence-corrected chi connectivity index (χ4v) is 2.94. The Labute approximate surface area is 155 Å². The molecule has 1 aliphatic rings. The van der Waals surface area contributed by atoms with E-state index >= 15 is 0 Å². The highest BCUT2D eigenvalue weighted by atomic mass is 35.5. The summed E-state index contributed by atoms with van der Waals surface area (Å²) in [6.07, 6.45) is 0.535. The first-order valence-corrected chi connectivity index (χ1v) is 8.29. The quantitative estimate of drug-likeness (QED) is 0.685. The third-order valence-electron chi connectivity index (χ3n) is 4.90. The number of rotatable bonds is 8. The minimum atomic E-state index is -0.930. The van der Waals surface area contributed by atoms with Crippen molar-refractivity contribution in [1.82, 2.24) is 0 Å². The van der Waals surface area contributed by atoms with E-state index in [9.17, 15) is 4.79 Å². The van der Waals surface area contributed by atoms with Crippen LogP contribution in [0.1, 0.15) is 27.2 Å². The molecule has 0 radical (unpaired) electrons. The van der Waals surface area contributed by atoms with E-state index in [-0.39, 0.29) is 24.4 Å². The van der Waals surface area contributed by atoms with Crippen molar-refractivity contribution in [1.29, 1.82) is 0 Å². The van der Waals surface area contributed by atoms with Crippen molar-refractivity contribution in [2.45, 2.75) is 38.8 Å². The van der Waals surface area contributed by atoms with Crippen LogP contribution in [0.15, 0.2) is 24.3 Å². The second-order valence-electron chi connectivity index (χ2n) is 6.66. The molecule has 2 unspecified atom stereocenters. The molecule has 0 bridgehead atoms. The van der Waals surface area contributed by atoms with Crippen LogP contribution in [0.5, 0.6) is 5.75 Å². The first-order valence-electron chi connectivity index (χ1n) is 8.29.